The molecule has 3 aromatic rings. The van der Waals surface area contributed by atoms with E-state index in [0.717, 1.165) is 16.7 Å². The van der Waals surface area contributed by atoms with E-state index in [2.05, 4.69) is 36.1 Å². The minimum atomic E-state index is -1.12. The van der Waals surface area contributed by atoms with Crippen molar-refractivity contribution in [2.75, 3.05) is 0 Å². The van der Waals surface area contributed by atoms with Crippen LogP contribution >= 0.6 is 0 Å². The Morgan fingerprint density at radius 1 is 0.692 bits per heavy atom. The Morgan fingerprint density at radius 3 is 1.58 bits per heavy atom. The average Bonchev–Trinajstić information content (AvgIpc) is 3.46. The van der Waals surface area contributed by atoms with Gasteiger partial charge in [-0.3, -0.25) is 0 Å². The van der Waals surface area contributed by atoms with E-state index in [0.29, 0.717) is 0 Å². The number of hydrogen-bond acceptors (Lipinski definition) is 1. The molecule has 0 amide bonds. The third kappa shape index (κ3) is 3.20. The van der Waals surface area contributed by atoms with Gasteiger partial charge in [0.25, 0.3) is 0 Å². The van der Waals surface area contributed by atoms with Crippen molar-refractivity contribution in [1.29, 1.82) is 0 Å². The van der Waals surface area contributed by atoms with Gasteiger partial charge in [-0.1, -0.05) is 90.7 Å². The van der Waals surface area contributed by atoms with E-state index in [1.54, 1.807) is 0 Å². The molecule has 1 heteroatoms. The molecule has 0 saturated carbocycles. The maximum absolute atomic E-state index is 11.2. The second-order valence-electron chi connectivity index (χ2n) is 6.76. The summed E-state index contributed by atoms with van der Waals surface area (Å²) in [7, 11) is 0. The maximum Gasteiger partial charge on any atom is 0.133 e. The molecule has 126 valence electrons. The molecule has 0 bridgehead atoms. The summed E-state index contributed by atoms with van der Waals surface area (Å²) < 4.78 is 0. The van der Waals surface area contributed by atoms with Crippen LogP contribution in [0.2, 0.25) is 0 Å². The van der Waals surface area contributed by atoms with Gasteiger partial charge in [0, 0.05) is 5.56 Å². The number of hydrogen-bond donors (Lipinski definition) is 1. The van der Waals surface area contributed by atoms with Gasteiger partial charge in [0.15, 0.2) is 0 Å². The highest BCUT2D eigenvalue weighted by Gasteiger charge is 2.49. The van der Waals surface area contributed by atoms with Gasteiger partial charge in [-0.15, -0.1) is 0 Å². The Labute approximate surface area is 154 Å². The Morgan fingerprint density at radius 2 is 1.12 bits per heavy atom. The molecule has 1 N–H and O–H groups in total. The highest BCUT2D eigenvalue weighted by molar-refractivity contribution is 6.12. The quantitative estimate of drug-likeness (QED) is 0.665. The minimum Gasteiger partial charge on any atom is -0.377 e. The lowest BCUT2D eigenvalue weighted by atomic mass is 9.92. The molecular weight excluding hydrogens is 316 g/mol. The molecule has 4 rings (SSSR count). The van der Waals surface area contributed by atoms with E-state index < -0.39 is 5.60 Å². The largest absolute Gasteiger partial charge is 0.377 e. The van der Waals surface area contributed by atoms with E-state index in [4.69, 9.17) is 0 Å². The van der Waals surface area contributed by atoms with Gasteiger partial charge < -0.3 is 5.11 Å². The van der Waals surface area contributed by atoms with Crippen molar-refractivity contribution in [3.8, 4) is 11.8 Å². The van der Waals surface area contributed by atoms with Crippen LogP contribution in [0.5, 0.6) is 0 Å². The zero-order chi connectivity index (χ0) is 18.0. The zero-order valence-corrected chi connectivity index (χ0v) is 14.7. The summed E-state index contributed by atoms with van der Waals surface area (Å²) in [6, 6.07) is 30.3. The van der Waals surface area contributed by atoms with E-state index in [-0.39, 0.29) is 5.92 Å². The Kier molecular flexibility index (Phi) is 4.21. The van der Waals surface area contributed by atoms with Crippen LogP contribution in [0, 0.1) is 17.8 Å². The first-order chi connectivity index (χ1) is 12.7. The predicted molar refractivity (Wildman–Crippen MR) is 107 cm³/mol. The topological polar surface area (TPSA) is 20.2 Å². The molecule has 0 radical (unpaired) electrons. The monoisotopic (exact) mass is 336 g/mol. The summed E-state index contributed by atoms with van der Waals surface area (Å²) in [5.41, 5.74) is 4.46. The molecule has 1 aliphatic carbocycles. The summed E-state index contributed by atoms with van der Waals surface area (Å²) >= 11 is 0. The van der Waals surface area contributed by atoms with Crippen molar-refractivity contribution in [3.05, 3.63) is 108 Å². The van der Waals surface area contributed by atoms with Gasteiger partial charge >= 0.3 is 0 Å². The lowest BCUT2D eigenvalue weighted by Gasteiger charge is -2.18. The van der Waals surface area contributed by atoms with Crippen molar-refractivity contribution in [2.24, 2.45) is 5.92 Å². The normalized spacial score (nSPS) is 15.8. The molecule has 1 nitrogen and oxygen atoms in total. The minimum absolute atomic E-state index is 0.0801. The van der Waals surface area contributed by atoms with Crippen LogP contribution in [-0.4, -0.2) is 10.7 Å². The van der Waals surface area contributed by atoms with Crippen molar-refractivity contribution in [1.82, 2.24) is 0 Å². The van der Waals surface area contributed by atoms with Crippen molar-refractivity contribution >= 4 is 11.1 Å². The fraction of sp³-hybridized carbons (Fsp3) is 0.120. The molecule has 3 aromatic carbocycles. The van der Waals surface area contributed by atoms with E-state index in [1.165, 1.54) is 11.1 Å². The first kappa shape index (κ1) is 16.4. The van der Waals surface area contributed by atoms with Crippen molar-refractivity contribution < 1.29 is 5.11 Å². The number of rotatable bonds is 3. The van der Waals surface area contributed by atoms with E-state index in [9.17, 15) is 5.11 Å². The maximum atomic E-state index is 11.2. The molecule has 0 spiro atoms. The fourth-order valence-corrected chi connectivity index (χ4v) is 3.46. The zero-order valence-electron chi connectivity index (χ0n) is 14.7. The van der Waals surface area contributed by atoms with Crippen LogP contribution in [0.15, 0.2) is 91.0 Å². The van der Waals surface area contributed by atoms with Crippen LogP contribution in [0.4, 0.5) is 0 Å². The van der Waals surface area contributed by atoms with Gasteiger partial charge in [0.05, 0.1) is 5.92 Å². The summed E-state index contributed by atoms with van der Waals surface area (Å²) in [5.74, 6) is 6.14. The lowest BCUT2D eigenvalue weighted by Crippen LogP contribution is -2.27. The molecule has 0 aliphatic heterocycles. The van der Waals surface area contributed by atoms with Gasteiger partial charge in [-0.25, -0.2) is 0 Å². The van der Waals surface area contributed by atoms with Gasteiger partial charge in [0.1, 0.15) is 5.60 Å². The Hall–Kier alpha value is -3.08. The molecule has 1 atom stereocenters. The lowest BCUT2D eigenvalue weighted by molar-refractivity contribution is 0.111. The Balaban J connectivity index is 1.71. The van der Waals surface area contributed by atoms with Gasteiger partial charge in [-0.05, 0) is 41.3 Å². The number of aliphatic hydroxyl groups is 1. The molecule has 26 heavy (non-hydrogen) atoms. The highest BCUT2D eigenvalue weighted by atomic mass is 16.3. The fourth-order valence-electron chi connectivity index (χ4n) is 3.46. The SMILES string of the molecule is CC(O)(C#Cc1ccccc1)C1C(c2ccccc2)=C1c1ccccc1. The van der Waals surface area contributed by atoms with E-state index in [1.807, 2.05) is 73.7 Å². The molecule has 0 saturated heterocycles. The van der Waals surface area contributed by atoms with Crippen molar-refractivity contribution in [2.45, 2.75) is 12.5 Å². The molecular formula is C25H20O. The first-order valence-electron chi connectivity index (χ1n) is 8.82. The third-order valence-corrected chi connectivity index (χ3v) is 4.75. The molecule has 1 aliphatic rings. The van der Waals surface area contributed by atoms with Crippen molar-refractivity contribution in [3.63, 3.8) is 0 Å². The van der Waals surface area contributed by atoms with Crippen LogP contribution < -0.4 is 0 Å². The molecule has 0 aromatic heterocycles. The first-order valence-corrected chi connectivity index (χ1v) is 8.82. The molecule has 0 fully saturated rings. The standard InChI is InChI=1S/C25H20O/c1-25(26,18-17-19-11-5-2-6-12-19)24-22(20-13-7-3-8-14-20)23(24)21-15-9-4-10-16-21/h2-16,24,26H,1H3. The summed E-state index contributed by atoms with van der Waals surface area (Å²) in [5, 5.41) is 11.2. The van der Waals surface area contributed by atoms with Gasteiger partial charge in [-0.2, -0.15) is 0 Å². The summed E-state index contributed by atoms with van der Waals surface area (Å²) in [4.78, 5) is 0. The molecule has 1 unspecified atom stereocenters. The summed E-state index contributed by atoms with van der Waals surface area (Å²) in [6.07, 6.45) is 0. The second-order valence-corrected chi connectivity index (χ2v) is 6.76. The smallest absolute Gasteiger partial charge is 0.133 e. The van der Waals surface area contributed by atoms with Crippen LogP contribution in [0.1, 0.15) is 23.6 Å². The predicted octanol–water partition coefficient (Wildman–Crippen LogP) is 5.03. The Bertz CT molecular complexity index is 938. The van der Waals surface area contributed by atoms with Crippen LogP contribution in [-0.2, 0) is 0 Å². The van der Waals surface area contributed by atoms with Crippen LogP contribution in [0.25, 0.3) is 11.1 Å². The number of benzene rings is 3. The third-order valence-electron chi connectivity index (χ3n) is 4.75. The second kappa shape index (κ2) is 6.67. The highest BCUT2D eigenvalue weighted by Crippen LogP contribution is 2.57. The van der Waals surface area contributed by atoms with Crippen LogP contribution in [0.3, 0.4) is 0 Å². The van der Waals surface area contributed by atoms with Gasteiger partial charge in [0.2, 0.25) is 0 Å². The average molecular weight is 336 g/mol. The van der Waals surface area contributed by atoms with E-state index >= 15 is 0 Å². The summed E-state index contributed by atoms with van der Waals surface area (Å²) in [6.45, 7) is 1.81. The molecule has 0 heterocycles.